The number of hydrogen-bond acceptors (Lipinski definition) is 4. The Balaban J connectivity index is 2.01. The van der Waals surface area contributed by atoms with Gasteiger partial charge in [0.05, 0.1) is 6.10 Å². The van der Waals surface area contributed by atoms with Crippen LogP contribution in [0.5, 0.6) is 5.75 Å². The van der Waals surface area contributed by atoms with Crippen molar-refractivity contribution in [2.24, 2.45) is 5.41 Å². The Morgan fingerprint density at radius 3 is 2.17 bits per heavy atom. The summed E-state index contributed by atoms with van der Waals surface area (Å²) in [6.07, 6.45) is 1.32. The maximum atomic E-state index is 12.5. The van der Waals surface area contributed by atoms with Gasteiger partial charge in [-0.3, -0.25) is 4.79 Å². The van der Waals surface area contributed by atoms with Gasteiger partial charge in [0.15, 0.2) is 5.76 Å². The lowest BCUT2D eigenvalue weighted by Crippen LogP contribution is -2.32. The van der Waals surface area contributed by atoms with Gasteiger partial charge in [-0.05, 0) is 72.6 Å². The zero-order valence-corrected chi connectivity index (χ0v) is 22.8. The summed E-state index contributed by atoms with van der Waals surface area (Å²) >= 11 is 0. The van der Waals surface area contributed by atoms with E-state index in [0.717, 1.165) is 40.7 Å². The zero-order chi connectivity index (χ0) is 26.1. The highest BCUT2D eigenvalue weighted by molar-refractivity contribution is 5.96. The summed E-state index contributed by atoms with van der Waals surface area (Å²) in [7, 11) is 3.46. The second kappa shape index (κ2) is 10.1. The molecule has 1 unspecified atom stereocenters. The molecular formula is C30H41NO4. The summed E-state index contributed by atoms with van der Waals surface area (Å²) in [5, 5.41) is 11.3. The second-order valence-corrected chi connectivity index (χ2v) is 11.0. The molecule has 190 valence electrons. The number of nitrogens with zero attached hydrogens (tertiary/aromatic N) is 1. The van der Waals surface area contributed by atoms with Crippen LogP contribution in [0.4, 0.5) is 0 Å². The SMILES string of the molecule is CCC(CC)(c1ccc(OCC(O)C(C)(C)C)c(C)c1)c1cc(C)c2oc(C(=O)N(C)C)cc2c1. The minimum absolute atomic E-state index is 0.137. The Hall–Kier alpha value is -2.79. The van der Waals surface area contributed by atoms with E-state index in [0.29, 0.717) is 5.76 Å². The average molecular weight is 480 g/mol. The number of rotatable bonds is 8. The smallest absolute Gasteiger partial charge is 0.289 e. The lowest BCUT2D eigenvalue weighted by Gasteiger charge is -2.34. The predicted octanol–water partition coefficient (Wildman–Crippen LogP) is 6.64. The summed E-state index contributed by atoms with van der Waals surface area (Å²) < 4.78 is 11.9. The van der Waals surface area contributed by atoms with Crippen LogP contribution in [0.15, 0.2) is 40.8 Å². The first-order valence-electron chi connectivity index (χ1n) is 12.5. The van der Waals surface area contributed by atoms with Gasteiger partial charge in [-0.15, -0.1) is 0 Å². The van der Waals surface area contributed by atoms with Crippen LogP contribution in [0, 0.1) is 19.3 Å². The van der Waals surface area contributed by atoms with E-state index in [4.69, 9.17) is 9.15 Å². The zero-order valence-electron chi connectivity index (χ0n) is 22.8. The van der Waals surface area contributed by atoms with Gasteiger partial charge >= 0.3 is 0 Å². The molecule has 0 saturated heterocycles. The molecule has 0 radical (unpaired) electrons. The summed E-state index contributed by atoms with van der Waals surface area (Å²) in [6.45, 7) is 14.8. The molecule has 2 aromatic carbocycles. The van der Waals surface area contributed by atoms with Crippen molar-refractivity contribution in [1.82, 2.24) is 4.90 Å². The van der Waals surface area contributed by atoms with Crippen molar-refractivity contribution < 1.29 is 19.1 Å². The molecule has 0 saturated carbocycles. The molecule has 1 amide bonds. The fourth-order valence-electron chi connectivity index (χ4n) is 4.69. The molecule has 0 aliphatic carbocycles. The van der Waals surface area contributed by atoms with Gasteiger partial charge in [0.2, 0.25) is 0 Å². The van der Waals surface area contributed by atoms with Crippen LogP contribution in [0.2, 0.25) is 0 Å². The van der Waals surface area contributed by atoms with Crippen molar-refractivity contribution in [2.45, 2.75) is 72.8 Å². The predicted molar refractivity (Wildman–Crippen MR) is 142 cm³/mol. The first-order chi connectivity index (χ1) is 16.3. The third kappa shape index (κ3) is 5.25. The van der Waals surface area contributed by atoms with E-state index < -0.39 is 6.10 Å². The number of fused-ring (bicyclic) bond motifs is 1. The molecule has 1 heterocycles. The van der Waals surface area contributed by atoms with Crippen LogP contribution in [0.3, 0.4) is 0 Å². The van der Waals surface area contributed by atoms with Crippen LogP contribution in [0.25, 0.3) is 11.0 Å². The normalized spacial score (nSPS) is 13.2. The molecule has 1 aromatic heterocycles. The van der Waals surface area contributed by atoms with Crippen molar-refractivity contribution in [3.05, 3.63) is 64.4 Å². The van der Waals surface area contributed by atoms with Gasteiger partial charge in [0.25, 0.3) is 5.91 Å². The number of furan rings is 1. The van der Waals surface area contributed by atoms with Gasteiger partial charge in [0, 0.05) is 24.9 Å². The van der Waals surface area contributed by atoms with Crippen LogP contribution < -0.4 is 4.74 Å². The quantitative estimate of drug-likeness (QED) is 0.393. The van der Waals surface area contributed by atoms with Crippen molar-refractivity contribution in [2.75, 3.05) is 20.7 Å². The monoisotopic (exact) mass is 479 g/mol. The molecular weight excluding hydrogens is 438 g/mol. The highest BCUT2D eigenvalue weighted by Crippen LogP contribution is 2.42. The standard InChI is InChI=1S/C30H41NO4/c1-10-30(11-2,22-12-13-24(19(3)14-22)34-18-26(32)29(5,6)7)23-15-20(4)27-21(16-23)17-25(35-27)28(33)31(8)9/h12-17,26,32H,10-11,18H2,1-9H3. The first-order valence-corrected chi connectivity index (χ1v) is 12.5. The number of hydrogen-bond donors (Lipinski definition) is 1. The molecule has 3 aromatic rings. The summed E-state index contributed by atoms with van der Waals surface area (Å²) in [5.74, 6) is 1.02. The van der Waals surface area contributed by atoms with E-state index in [1.165, 1.54) is 16.0 Å². The van der Waals surface area contributed by atoms with Gasteiger partial charge in [-0.1, -0.05) is 52.8 Å². The lowest BCUT2D eigenvalue weighted by atomic mass is 9.70. The Morgan fingerprint density at radius 1 is 1.00 bits per heavy atom. The van der Waals surface area contributed by atoms with Crippen molar-refractivity contribution >= 4 is 16.9 Å². The minimum Gasteiger partial charge on any atom is -0.491 e. The van der Waals surface area contributed by atoms with E-state index in [-0.39, 0.29) is 23.3 Å². The summed E-state index contributed by atoms with van der Waals surface area (Å²) in [6, 6.07) is 12.6. The third-order valence-electron chi connectivity index (χ3n) is 7.30. The third-order valence-corrected chi connectivity index (χ3v) is 7.30. The maximum absolute atomic E-state index is 12.5. The van der Waals surface area contributed by atoms with E-state index >= 15 is 0 Å². The molecule has 1 atom stereocenters. The number of benzene rings is 2. The van der Waals surface area contributed by atoms with Gasteiger partial charge in [-0.25, -0.2) is 0 Å². The summed E-state index contributed by atoms with van der Waals surface area (Å²) in [5.41, 5.74) is 4.87. The largest absolute Gasteiger partial charge is 0.491 e. The number of aryl methyl sites for hydroxylation is 2. The first kappa shape index (κ1) is 26.8. The molecule has 0 spiro atoms. The number of carbonyl (C=O) groups excluding carboxylic acids is 1. The van der Waals surface area contributed by atoms with Gasteiger partial charge in [0.1, 0.15) is 17.9 Å². The second-order valence-electron chi connectivity index (χ2n) is 11.0. The molecule has 0 aliphatic rings. The molecule has 35 heavy (non-hydrogen) atoms. The Morgan fingerprint density at radius 2 is 1.63 bits per heavy atom. The fourth-order valence-corrected chi connectivity index (χ4v) is 4.69. The average Bonchev–Trinajstić information content (AvgIpc) is 3.23. The van der Waals surface area contributed by atoms with Gasteiger partial charge < -0.3 is 19.2 Å². The molecule has 3 rings (SSSR count). The Labute approximate surface area is 210 Å². The number of carbonyl (C=O) groups is 1. The van der Waals surface area contributed by atoms with E-state index in [2.05, 4.69) is 45.0 Å². The van der Waals surface area contributed by atoms with E-state index in [9.17, 15) is 9.90 Å². The maximum Gasteiger partial charge on any atom is 0.289 e. The summed E-state index contributed by atoms with van der Waals surface area (Å²) in [4.78, 5) is 14.0. The number of ether oxygens (including phenoxy) is 1. The topological polar surface area (TPSA) is 62.9 Å². The van der Waals surface area contributed by atoms with Crippen LogP contribution in [0.1, 0.15) is 80.3 Å². The van der Waals surface area contributed by atoms with Crippen molar-refractivity contribution in [3.63, 3.8) is 0 Å². The molecule has 0 aliphatic heterocycles. The van der Waals surface area contributed by atoms with Crippen molar-refractivity contribution in [1.29, 1.82) is 0 Å². The number of aliphatic hydroxyl groups is 1. The molecule has 5 nitrogen and oxygen atoms in total. The lowest BCUT2D eigenvalue weighted by molar-refractivity contribution is 0.0216. The minimum atomic E-state index is -0.541. The number of aliphatic hydroxyl groups excluding tert-OH is 1. The van der Waals surface area contributed by atoms with E-state index in [1.807, 2.05) is 39.8 Å². The molecule has 0 fully saturated rings. The molecule has 0 bridgehead atoms. The van der Waals surface area contributed by atoms with Crippen LogP contribution >= 0.6 is 0 Å². The van der Waals surface area contributed by atoms with Crippen LogP contribution in [-0.2, 0) is 5.41 Å². The highest BCUT2D eigenvalue weighted by Gasteiger charge is 2.32. The Bertz CT molecular complexity index is 1200. The molecule has 5 heteroatoms. The van der Waals surface area contributed by atoms with Crippen LogP contribution in [-0.4, -0.2) is 42.7 Å². The fraction of sp³-hybridized carbons (Fsp3) is 0.500. The number of amides is 1. The van der Waals surface area contributed by atoms with Gasteiger partial charge in [-0.2, -0.15) is 0 Å². The highest BCUT2D eigenvalue weighted by atomic mass is 16.5. The van der Waals surface area contributed by atoms with Crippen molar-refractivity contribution in [3.8, 4) is 5.75 Å². The van der Waals surface area contributed by atoms with E-state index in [1.54, 1.807) is 14.1 Å². The Kier molecular flexibility index (Phi) is 7.71. The molecule has 1 N–H and O–H groups in total.